The Bertz CT molecular complexity index is 470. The first kappa shape index (κ1) is 13.7. The van der Waals surface area contributed by atoms with Crippen LogP contribution in [0.4, 0.5) is 14.5 Å². The lowest BCUT2D eigenvalue weighted by atomic mass is 10.1. The minimum absolute atomic E-state index is 0.123. The van der Waals surface area contributed by atoms with Crippen LogP contribution in [0.3, 0.4) is 0 Å². The number of hydrogen-bond donors (Lipinski definition) is 2. The predicted molar refractivity (Wildman–Crippen MR) is 68.9 cm³/mol. The Morgan fingerprint density at radius 3 is 2.63 bits per heavy atom. The smallest absolute Gasteiger partial charge is 0.242 e. The highest BCUT2D eigenvalue weighted by molar-refractivity contribution is 5.86. The van der Waals surface area contributed by atoms with E-state index in [2.05, 4.69) is 10.6 Å². The van der Waals surface area contributed by atoms with Crippen LogP contribution in [0.25, 0.3) is 0 Å². The highest BCUT2D eigenvalue weighted by atomic mass is 19.1. The van der Waals surface area contributed by atoms with E-state index in [1.165, 1.54) is 17.0 Å². The minimum atomic E-state index is -0.633. The molecule has 2 N–H and O–H groups in total. The van der Waals surface area contributed by atoms with Gasteiger partial charge in [0.15, 0.2) is 0 Å². The molecule has 1 atom stereocenters. The van der Waals surface area contributed by atoms with Gasteiger partial charge in [0, 0.05) is 19.6 Å². The van der Waals surface area contributed by atoms with Gasteiger partial charge in [-0.1, -0.05) is 0 Å². The van der Waals surface area contributed by atoms with Crippen molar-refractivity contribution in [1.82, 2.24) is 10.6 Å². The second kappa shape index (κ2) is 5.52. The Morgan fingerprint density at radius 2 is 2.05 bits per heavy atom. The van der Waals surface area contributed by atoms with Gasteiger partial charge in [0.25, 0.3) is 0 Å². The van der Waals surface area contributed by atoms with Gasteiger partial charge in [-0.15, -0.1) is 0 Å². The van der Waals surface area contributed by atoms with Crippen molar-refractivity contribution in [3.8, 4) is 0 Å². The lowest BCUT2D eigenvalue weighted by Gasteiger charge is -2.35. The molecule has 0 aliphatic carbocycles. The Morgan fingerprint density at radius 1 is 1.42 bits per heavy atom. The van der Waals surface area contributed by atoms with Crippen LogP contribution in [0.15, 0.2) is 12.1 Å². The molecule has 1 fully saturated rings. The second-order valence-corrected chi connectivity index (χ2v) is 4.60. The minimum Gasteiger partial charge on any atom is -0.353 e. The summed E-state index contributed by atoms with van der Waals surface area (Å²) in [6, 6.07) is 2.02. The number of amides is 1. The molecule has 0 bridgehead atoms. The Kier molecular flexibility index (Phi) is 3.99. The normalized spacial score (nSPS) is 19.5. The van der Waals surface area contributed by atoms with Gasteiger partial charge < -0.3 is 15.5 Å². The molecule has 1 aromatic rings. The number of halogens is 2. The molecule has 1 aromatic carbocycles. The molecule has 1 heterocycles. The molecule has 1 aliphatic heterocycles. The number of anilines is 1. The first-order valence-corrected chi connectivity index (χ1v) is 6.21. The van der Waals surface area contributed by atoms with Crippen LogP contribution in [0.5, 0.6) is 0 Å². The highest BCUT2D eigenvalue weighted by Crippen LogP contribution is 2.27. The standard InChI is InChI=1S/C13H17F2N3O/c1-8-13(19)17-3-4-18(8)12-10(14)5-9(7-16-2)6-11(12)15/h5-6,8,16H,3-4,7H2,1-2H3,(H,17,19). The zero-order valence-corrected chi connectivity index (χ0v) is 11.0. The van der Waals surface area contributed by atoms with Crippen LogP contribution >= 0.6 is 0 Å². The first-order chi connectivity index (χ1) is 9.04. The number of carbonyl (C=O) groups is 1. The zero-order valence-electron chi connectivity index (χ0n) is 11.0. The molecule has 0 radical (unpaired) electrons. The third-order valence-electron chi connectivity index (χ3n) is 3.24. The van der Waals surface area contributed by atoms with Crippen LogP contribution in [0.1, 0.15) is 12.5 Å². The number of hydrogen-bond acceptors (Lipinski definition) is 3. The summed E-state index contributed by atoms with van der Waals surface area (Å²) in [7, 11) is 1.71. The van der Waals surface area contributed by atoms with Crippen molar-refractivity contribution in [3.63, 3.8) is 0 Å². The number of nitrogens with one attached hydrogen (secondary N) is 2. The van der Waals surface area contributed by atoms with Gasteiger partial charge in [0.2, 0.25) is 5.91 Å². The summed E-state index contributed by atoms with van der Waals surface area (Å²) in [6.07, 6.45) is 0. The average molecular weight is 269 g/mol. The Hall–Kier alpha value is -1.69. The van der Waals surface area contributed by atoms with Gasteiger partial charge in [-0.3, -0.25) is 4.79 Å². The molecule has 2 rings (SSSR count). The summed E-state index contributed by atoms with van der Waals surface area (Å²) in [4.78, 5) is 13.0. The van der Waals surface area contributed by atoms with Crippen LogP contribution in [-0.2, 0) is 11.3 Å². The van der Waals surface area contributed by atoms with E-state index in [1.807, 2.05) is 0 Å². The maximum absolute atomic E-state index is 14.1. The Labute approximate surface area is 110 Å². The predicted octanol–water partition coefficient (Wildman–Crippen LogP) is 1.01. The fourth-order valence-corrected chi connectivity index (χ4v) is 2.29. The third-order valence-corrected chi connectivity index (χ3v) is 3.24. The van der Waals surface area contributed by atoms with E-state index in [0.717, 1.165) is 0 Å². The summed E-state index contributed by atoms with van der Waals surface area (Å²) in [6.45, 7) is 2.81. The summed E-state index contributed by atoms with van der Waals surface area (Å²) in [5, 5.41) is 5.51. The molecule has 104 valence electrons. The van der Waals surface area contributed by atoms with Crippen molar-refractivity contribution in [3.05, 3.63) is 29.3 Å². The summed E-state index contributed by atoms with van der Waals surface area (Å²) >= 11 is 0. The quantitative estimate of drug-likeness (QED) is 0.860. The van der Waals surface area contributed by atoms with E-state index in [9.17, 15) is 13.6 Å². The van der Waals surface area contributed by atoms with Crippen molar-refractivity contribution in [1.29, 1.82) is 0 Å². The maximum Gasteiger partial charge on any atom is 0.242 e. The van der Waals surface area contributed by atoms with Crippen molar-refractivity contribution in [2.24, 2.45) is 0 Å². The number of benzene rings is 1. The summed E-state index contributed by atoms with van der Waals surface area (Å²) < 4.78 is 28.2. The molecule has 4 nitrogen and oxygen atoms in total. The molecule has 0 spiro atoms. The van der Waals surface area contributed by atoms with Crippen LogP contribution in [0, 0.1) is 11.6 Å². The monoisotopic (exact) mass is 269 g/mol. The Balaban J connectivity index is 2.36. The lowest BCUT2D eigenvalue weighted by molar-refractivity contribution is -0.122. The van der Waals surface area contributed by atoms with E-state index in [4.69, 9.17) is 0 Å². The number of nitrogens with zero attached hydrogens (tertiary/aromatic N) is 1. The molecule has 1 amide bonds. The fraction of sp³-hybridized carbons (Fsp3) is 0.462. The first-order valence-electron chi connectivity index (χ1n) is 6.21. The lowest BCUT2D eigenvalue weighted by Crippen LogP contribution is -2.54. The SMILES string of the molecule is CNCc1cc(F)c(N2CCNC(=O)C2C)c(F)c1. The van der Waals surface area contributed by atoms with E-state index in [0.29, 0.717) is 25.2 Å². The molecule has 0 aromatic heterocycles. The molecule has 1 saturated heterocycles. The van der Waals surface area contributed by atoms with Gasteiger partial charge in [0.1, 0.15) is 23.4 Å². The van der Waals surface area contributed by atoms with Gasteiger partial charge in [-0.2, -0.15) is 0 Å². The van der Waals surface area contributed by atoms with Crippen molar-refractivity contribution < 1.29 is 13.6 Å². The molecular weight excluding hydrogens is 252 g/mol. The number of piperazine rings is 1. The number of rotatable bonds is 3. The fourth-order valence-electron chi connectivity index (χ4n) is 2.29. The van der Waals surface area contributed by atoms with Crippen molar-refractivity contribution in [2.45, 2.75) is 19.5 Å². The molecule has 0 saturated carbocycles. The number of carbonyl (C=O) groups excluding carboxylic acids is 1. The molecule has 19 heavy (non-hydrogen) atoms. The van der Waals surface area contributed by atoms with Gasteiger partial charge in [-0.25, -0.2) is 8.78 Å². The second-order valence-electron chi connectivity index (χ2n) is 4.60. The van der Waals surface area contributed by atoms with Crippen LogP contribution in [0.2, 0.25) is 0 Å². The van der Waals surface area contributed by atoms with Crippen molar-refractivity contribution >= 4 is 11.6 Å². The summed E-state index contributed by atoms with van der Waals surface area (Å²) in [5.41, 5.74) is 0.414. The maximum atomic E-state index is 14.1. The van der Waals surface area contributed by atoms with Gasteiger partial charge >= 0.3 is 0 Å². The van der Waals surface area contributed by atoms with E-state index in [1.54, 1.807) is 14.0 Å². The molecular formula is C13H17F2N3O. The molecule has 6 heteroatoms. The topological polar surface area (TPSA) is 44.4 Å². The third kappa shape index (κ3) is 2.68. The van der Waals surface area contributed by atoms with E-state index < -0.39 is 17.7 Å². The van der Waals surface area contributed by atoms with Crippen molar-refractivity contribution in [2.75, 3.05) is 25.0 Å². The van der Waals surface area contributed by atoms with Crippen LogP contribution < -0.4 is 15.5 Å². The van der Waals surface area contributed by atoms with Crippen LogP contribution in [-0.4, -0.2) is 32.1 Å². The van der Waals surface area contributed by atoms with E-state index >= 15 is 0 Å². The average Bonchev–Trinajstić information content (AvgIpc) is 2.34. The van der Waals surface area contributed by atoms with Gasteiger partial charge in [-0.05, 0) is 31.7 Å². The molecule has 1 aliphatic rings. The zero-order chi connectivity index (χ0) is 14.0. The van der Waals surface area contributed by atoms with E-state index in [-0.39, 0.29) is 11.6 Å². The summed E-state index contributed by atoms with van der Waals surface area (Å²) in [5.74, 6) is -1.48. The molecule has 1 unspecified atom stereocenters. The highest BCUT2D eigenvalue weighted by Gasteiger charge is 2.29. The van der Waals surface area contributed by atoms with Gasteiger partial charge in [0.05, 0.1) is 0 Å². The largest absolute Gasteiger partial charge is 0.353 e.